The first-order valence-electron chi connectivity index (χ1n) is 2.32. The Hall–Kier alpha value is -0.900. The van der Waals surface area contributed by atoms with Gasteiger partial charge in [0.1, 0.15) is 6.61 Å². The molecule has 0 aromatic rings. The highest BCUT2D eigenvalue weighted by atomic mass is 16.5. The molecule has 9 heavy (non-hydrogen) atoms. The molecule has 0 radical (unpaired) electrons. The molecule has 0 saturated carbocycles. The molecule has 0 rings (SSSR count). The lowest BCUT2D eigenvalue weighted by molar-refractivity contribution is -0.153. The van der Waals surface area contributed by atoms with Gasteiger partial charge in [-0.2, -0.15) is 0 Å². The van der Waals surface area contributed by atoms with E-state index in [1.165, 1.54) is 7.11 Å². The van der Waals surface area contributed by atoms with Crippen molar-refractivity contribution in [3.63, 3.8) is 0 Å². The van der Waals surface area contributed by atoms with Crippen LogP contribution in [-0.2, 0) is 19.1 Å². The number of Topliss-reactive ketones (excluding diaryl/α,β-unsaturated/α-hetero) is 1. The first-order valence-corrected chi connectivity index (χ1v) is 2.32. The minimum atomic E-state index is -0.864. The summed E-state index contributed by atoms with van der Waals surface area (Å²) in [6, 6.07) is 0. The van der Waals surface area contributed by atoms with Crippen molar-refractivity contribution < 1.29 is 19.1 Å². The Kier molecular flexibility index (Phi) is 3.62. The number of hydrogen-bond acceptors (Lipinski definition) is 4. The van der Waals surface area contributed by atoms with E-state index >= 15 is 0 Å². The zero-order chi connectivity index (χ0) is 7.28. The molecular weight excluding hydrogens is 124 g/mol. The lowest BCUT2D eigenvalue weighted by Crippen LogP contribution is -2.19. The van der Waals surface area contributed by atoms with E-state index in [9.17, 15) is 9.59 Å². The van der Waals surface area contributed by atoms with Gasteiger partial charge >= 0.3 is 5.97 Å². The number of rotatable bonds is 3. The predicted octanol–water partition coefficient (Wildman–Crippen LogP) is -0.625. The highest BCUT2D eigenvalue weighted by Gasteiger charge is 2.11. The molecule has 0 aromatic carbocycles. The molecular formula is C5H8O4. The van der Waals surface area contributed by atoms with Crippen molar-refractivity contribution in [1.29, 1.82) is 0 Å². The maximum atomic E-state index is 10.4. The van der Waals surface area contributed by atoms with Crippen LogP contribution in [0.1, 0.15) is 0 Å². The van der Waals surface area contributed by atoms with Crippen molar-refractivity contribution in [2.45, 2.75) is 0 Å². The highest BCUT2D eigenvalue weighted by molar-refractivity contribution is 6.34. The molecule has 0 amide bonds. The van der Waals surface area contributed by atoms with Gasteiger partial charge in [0.15, 0.2) is 0 Å². The van der Waals surface area contributed by atoms with E-state index in [4.69, 9.17) is 0 Å². The Morgan fingerprint density at radius 1 is 1.33 bits per heavy atom. The van der Waals surface area contributed by atoms with Crippen LogP contribution >= 0.6 is 0 Å². The third kappa shape index (κ3) is 2.81. The van der Waals surface area contributed by atoms with Crippen LogP contribution in [0.15, 0.2) is 0 Å². The molecule has 4 nitrogen and oxygen atoms in total. The van der Waals surface area contributed by atoms with Crippen LogP contribution in [-0.4, -0.2) is 32.6 Å². The lowest BCUT2D eigenvalue weighted by Gasteiger charge is -1.94. The first kappa shape index (κ1) is 8.10. The summed E-state index contributed by atoms with van der Waals surface area (Å²) in [7, 11) is 2.48. The van der Waals surface area contributed by atoms with E-state index in [-0.39, 0.29) is 6.61 Å². The largest absolute Gasteiger partial charge is 0.463 e. The maximum absolute atomic E-state index is 10.4. The second-order valence-corrected chi connectivity index (χ2v) is 1.35. The molecule has 0 saturated heterocycles. The van der Waals surface area contributed by atoms with Gasteiger partial charge in [0.25, 0.3) is 5.78 Å². The van der Waals surface area contributed by atoms with Gasteiger partial charge in [-0.3, -0.25) is 4.79 Å². The molecule has 0 atom stereocenters. The summed E-state index contributed by atoms with van der Waals surface area (Å²) in [6.45, 7) is -0.216. The van der Waals surface area contributed by atoms with E-state index in [2.05, 4.69) is 9.47 Å². The minimum Gasteiger partial charge on any atom is -0.463 e. The van der Waals surface area contributed by atoms with Gasteiger partial charge in [0.2, 0.25) is 0 Å². The Bertz CT molecular complexity index is 118. The van der Waals surface area contributed by atoms with Crippen LogP contribution < -0.4 is 0 Å². The van der Waals surface area contributed by atoms with Crippen LogP contribution in [0, 0.1) is 0 Å². The maximum Gasteiger partial charge on any atom is 0.376 e. The average Bonchev–Trinajstić information content (AvgIpc) is 1.87. The fraction of sp³-hybridized carbons (Fsp3) is 0.600. The van der Waals surface area contributed by atoms with Crippen LogP contribution in [0.3, 0.4) is 0 Å². The Morgan fingerprint density at radius 3 is 2.22 bits per heavy atom. The summed E-state index contributed by atoms with van der Waals surface area (Å²) < 4.78 is 8.47. The van der Waals surface area contributed by atoms with Crippen molar-refractivity contribution in [2.75, 3.05) is 20.8 Å². The summed E-state index contributed by atoms with van der Waals surface area (Å²) >= 11 is 0. The predicted molar refractivity (Wildman–Crippen MR) is 28.9 cm³/mol. The van der Waals surface area contributed by atoms with Crippen LogP contribution in [0.5, 0.6) is 0 Å². The lowest BCUT2D eigenvalue weighted by atomic mass is 10.4. The van der Waals surface area contributed by atoms with Crippen molar-refractivity contribution in [1.82, 2.24) is 0 Å². The number of carbonyl (C=O) groups is 2. The second-order valence-electron chi connectivity index (χ2n) is 1.35. The molecule has 0 unspecified atom stereocenters. The second kappa shape index (κ2) is 4.03. The van der Waals surface area contributed by atoms with Gasteiger partial charge in [-0.15, -0.1) is 0 Å². The topological polar surface area (TPSA) is 52.6 Å². The first-order chi connectivity index (χ1) is 4.22. The number of methoxy groups -OCH3 is 2. The smallest absolute Gasteiger partial charge is 0.376 e. The standard InChI is InChI=1S/C5H8O4/c1-8-3-4(6)5(7)9-2/h3H2,1-2H3. The molecule has 0 heterocycles. The third-order valence-electron chi connectivity index (χ3n) is 0.688. The third-order valence-corrected chi connectivity index (χ3v) is 0.688. The normalized spacial score (nSPS) is 8.67. The molecule has 0 bridgehead atoms. The van der Waals surface area contributed by atoms with Crippen molar-refractivity contribution in [3.05, 3.63) is 0 Å². The van der Waals surface area contributed by atoms with E-state index in [1.54, 1.807) is 0 Å². The molecule has 0 aromatic heterocycles. The van der Waals surface area contributed by atoms with Gasteiger partial charge in [-0.25, -0.2) is 4.79 Å². The van der Waals surface area contributed by atoms with Crippen molar-refractivity contribution in [3.8, 4) is 0 Å². The van der Waals surface area contributed by atoms with Crippen LogP contribution in [0.2, 0.25) is 0 Å². The van der Waals surface area contributed by atoms with Crippen LogP contribution in [0.4, 0.5) is 0 Å². The Morgan fingerprint density at radius 2 is 1.89 bits per heavy atom. The zero-order valence-electron chi connectivity index (χ0n) is 5.34. The highest BCUT2D eigenvalue weighted by Crippen LogP contribution is 1.77. The molecule has 0 aliphatic rings. The van der Waals surface area contributed by atoms with Gasteiger partial charge in [0.05, 0.1) is 7.11 Å². The fourth-order valence-corrected chi connectivity index (χ4v) is 0.304. The zero-order valence-corrected chi connectivity index (χ0v) is 5.34. The van der Waals surface area contributed by atoms with E-state index in [0.29, 0.717) is 0 Å². The van der Waals surface area contributed by atoms with Crippen molar-refractivity contribution >= 4 is 11.8 Å². The molecule has 0 aliphatic heterocycles. The van der Waals surface area contributed by atoms with Gasteiger partial charge in [-0.1, -0.05) is 0 Å². The van der Waals surface area contributed by atoms with Gasteiger partial charge in [-0.05, 0) is 0 Å². The fourth-order valence-electron chi connectivity index (χ4n) is 0.304. The summed E-state index contributed by atoms with van der Waals surface area (Å²) in [6.07, 6.45) is 0. The quantitative estimate of drug-likeness (QED) is 0.379. The molecule has 0 fully saturated rings. The van der Waals surface area contributed by atoms with Crippen LogP contribution in [0.25, 0.3) is 0 Å². The average molecular weight is 132 g/mol. The summed E-state index contributed by atoms with van der Waals surface area (Å²) in [5, 5.41) is 0. The number of hydrogen-bond donors (Lipinski definition) is 0. The molecule has 0 spiro atoms. The monoisotopic (exact) mass is 132 g/mol. The number of carbonyl (C=O) groups excluding carboxylic acids is 2. The molecule has 0 N–H and O–H groups in total. The van der Waals surface area contributed by atoms with E-state index < -0.39 is 11.8 Å². The Labute approximate surface area is 52.7 Å². The van der Waals surface area contributed by atoms with E-state index in [0.717, 1.165) is 7.11 Å². The number of ketones is 1. The van der Waals surface area contributed by atoms with Gasteiger partial charge < -0.3 is 9.47 Å². The van der Waals surface area contributed by atoms with Crippen molar-refractivity contribution in [2.24, 2.45) is 0 Å². The SMILES string of the molecule is COCC(=O)C(=O)OC. The summed E-state index contributed by atoms with van der Waals surface area (Å²) in [5.41, 5.74) is 0. The number of ether oxygens (including phenoxy) is 2. The molecule has 0 aliphatic carbocycles. The molecule has 52 valence electrons. The number of esters is 1. The summed E-state index contributed by atoms with van der Waals surface area (Å²) in [5.74, 6) is -1.53. The molecule has 4 heteroatoms. The van der Waals surface area contributed by atoms with Gasteiger partial charge in [0, 0.05) is 7.11 Å². The summed E-state index contributed by atoms with van der Waals surface area (Å²) in [4.78, 5) is 20.6. The Balaban J connectivity index is 3.60. The minimum absolute atomic E-state index is 0.216. The van der Waals surface area contributed by atoms with E-state index in [1.807, 2.05) is 0 Å².